The minimum Gasteiger partial charge on any atom is -0.748 e. The van der Waals surface area contributed by atoms with E-state index in [1.165, 1.54) is 0 Å². The van der Waals surface area contributed by atoms with Gasteiger partial charge in [-0.2, -0.15) is 0 Å². The summed E-state index contributed by atoms with van der Waals surface area (Å²) in [6, 6.07) is 15.6. The molecule has 0 unspecified atom stereocenters. The van der Waals surface area contributed by atoms with Crippen LogP contribution in [0.25, 0.3) is 0 Å². The first-order valence-electron chi connectivity index (χ1n) is 7.74. The fourth-order valence-electron chi connectivity index (χ4n) is 2.24. The molecule has 1 aromatic carbocycles. The lowest BCUT2D eigenvalue weighted by atomic mass is 10.1. The van der Waals surface area contributed by atoms with Gasteiger partial charge in [0, 0.05) is 29.8 Å². The van der Waals surface area contributed by atoms with E-state index in [9.17, 15) is 13.0 Å². The number of nitrogens with zero attached hydrogens (tertiary/aromatic N) is 2. The summed E-state index contributed by atoms with van der Waals surface area (Å²) >= 11 is 0. The first-order chi connectivity index (χ1) is 11.5. The molecule has 1 heterocycles. The van der Waals surface area contributed by atoms with E-state index in [1.807, 2.05) is 61.7 Å². The molecule has 0 aliphatic carbocycles. The highest BCUT2D eigenvalue weighted by atomic mass is 32.2. The van der Waals surface area contributed by atoms with Crippen LogP contribution in [0.15, 0.2) is 59.8 Å². The van der Waals surface area contributed by atoms with Crippen LogP contribution in [0.2, 0.25) is 0 Å². The van der Waals surface area contributed by atoms with E-state index < -0.39 is 10.1 Å². The predicted octanol–water partition coefficient (Wildman–Crippen LogP) is 1.81. The Morgan fingerprint density at radius 1 is 1.12 bits per heavy atom. The number of benzene rings is 1. The molecule has 7 heteroatoms. The number of hydrazone groups is 1. The van der Waals surface area contributed by atoms with E-state index in [-0.39, 0.29) is 5.75 Å². The number of rotatable bonds is 8. The number of hydrogen-bond donors (Lipinski definition) is 1. The summed E-state index contributed by atoms with van der Waals surface area (Å²) in [4.78, 5) is 0. The smallest absolute Gasteiger partial charge is 0.181 e. The molecule has 0 bridgehead atoms. The number of pyridine rings is 1. The maximum absolute atomic E-state index is 10.6. The molecular weight excluding hydrogens is 326 g/mol. The molecular formula is C17H21N3O3S. The van der Waals surface area contributed by atoms with Crippen LogP contribution in [0, 0.1) is 0 Å². The molecule has 6 nitrogen and oxygen atoms in total. The molecule has 0 spiro atoms. The Morgan fingerprint density at radius 2 is 1.83 bits per heavy atom. The molecule has 2 rings (SSSR count). The molecule has 0 saturated carbocycles. The fourth-order valence-corrected chi connectivity index (χ4v) is 2.80. The van der Waals surface area contributed by atoms with Crippen molar-refractivity contribution >= 4 is 15.8 Å². The Bertz CT molecular complexity index is 790. The molecule has 0 fully saturated rings. The van der Waals surface area contributed by atoms with Crippen LogP contribution in [0.4, 0.5) is 0 Å². The Labute approximate surface area is 142 Å². The van der Waals surface area contributed by atoms with Crippen LogP contribution in [-0.4, -0.2) is 24.4 Å². The second-order valence-electron chi connectivity index (χ2n) is 5.44. The normalized spacial score (nSPS) is 12.2. The van der Waals surface area contributed by atoms with E-state index in [4.69, 9.17) is 0 Å². The monoisotopic (exact) mass is 347 g/mol. The molecule has 128 valence electrons. The van der Waals surface area contributed by atoms with Crippen molar-refractivity contribution in [1.29, 1.82) is 0 Å². The number of unbranched alkanes of at least 4 members (excludes halogenated alkanes) is 1. The number of hydrogen-bond acceptors (Lipinski definition) is 5. The highest BCUT2D eigenvalue weighted by molar-refractivity contribution is 7.85. The minimum atomic E-state index is -4.14. The number of aromatic nitrogens is 1. The van der Waals surface area contributed by atoms with E-state index in [0.29, 0.717) is 19.3 Å². The summed E-state index contributed by atoms with van der Waals surface area (Å²) in [7, 11) is -4.14. The molecule has 0 aliphatic heterocycles. The minimum absolute atomic E-state index is 0.321. The van der Waals surface area contributed by atoms with Crippen LogP contribution in [0.3, 0.4) is 0 Å². The standard InChI is InChI=1S/C17H21N3O3S/c1-15(16-9-3-2-4-10-16)18-19-20-13-7-5-11-17(20)12-6-8-14-24(21,22)23/h2-5,7,9-11,13,19H,6,8,12,14H2,1H3. The van der Waals surface area contributed by atoms with E-state index in [1.54, 1.807) is 4.68 Å². The predicted molar refractivity (Wildman–Crippen MR) is 92.2 cm³/mol. The lowest BCUT2D eigenvalue weighted by molar-refractivity contribution is -0.658. The van der Waals surface area contributed by atoms with Crippen molar-refractivity contribution in [2.75, 3.05) is 11.3 Å². The average Bonchev–Trinajstić information content (AvgIpc) is 2.57. The highest BCUT2D eigenvalue weighted by Gasteiger charge is 2.07. The lowest BCUT2D eigenvalue weighted by Crippen LogP contribution is -2.46. The molecule has 1 N–H and O–H groups in total. The van der Waals surface area contributed by atoms with Crippen molar-refractivity contribution in [2.45, 2.75) is 26.2 Å². The van der Waals surface area contributed by atoms with Gasteiger partial charge in [-0.25, -0.2) is 8.42 Å². The van der Waals surface area contributed by atoms with Crippen LogP contribution < -0.4 is 10.2 Å². The molecule has 1 aromatic heterocycles. The maximum Gasteiger partial charge on any atom is 0.181 e. The number of nitrogens with one attached hydrogen (secondary N) is 1. The SMILES string of the molecule is CC(=NN[n+]1ccccc1CCCCS(=O)(=O)[O-])c1ccccc1. The second-order valence-corrected chi connectivity index (χ2v) is 6.97. The van der Waals surface area contributed by atoms with Crippen LogP contribution in [0.1, 0.15) is 31.0 Å². The van der Waals surface area contributed by atoms with Gasteiger partial charge in [-0.3, -0.25) is 0 Å². The van der Waals surface area contributed by atoms with Crippen molar-refractivity contribution in [3.63, 3.8) is 0 Å². The van der Waals surface area contributed by atoms with E-state index >= 15 is 0 Å². The Morgan fingerprint density at radius 3 is 2.54 bits per heavy atom. The fraction of sp³-hybridized carbons (Fsp3) is 0.294. The van der Waals surface area contributed by atoms with Crippen LogP contribution >= 0.6 is 0 Å². The van der Waals surface area contributed by atoms with Gasteiger partial charge in [0.15, 0.2) is 5.71 Å². The Hall–Kier alpha value is -2.25. The summed E-state index contributed by atoms with van der Waals surface area (Å²) in [5.74, 6) is -0.321. The van der Waals surface area contributed by atoms with Gasteiger partial charge in [0.1, 0.15) is 11.9 Å². The molecule has 0 saturated heterocycles. The van der Waals surface area contributed by atoms with Gasteiger partial charge < -0.3 is 4.55 Å². The topological polar surface area (TPSA) is 85.5 Å². The van der Waals surface area contributed by atoms with Gasteiger partial charge in [0.25, 0.3) is 0 Å². The number of aryl methyl sites for hydroxylation is 1. The van der Waals surface area contributed by atoms with Gasteiger partial charge >= 0.3 is 0 Å². The summed E-state index contributed by atoms with van der Waals surface area (Å²) < 4.78 is 33.7. The molecule has 2 aromatic rings. The summed E-state index contributed by atoms with van der Waals surface area (Å²) in [5.41, 5.74) is 5.84. The molecule has 0 radical (unpaired) electrons. The van der Waals surface area contributed by atoms with Crippen molar-refractivity contribution in [3.8, 4) is 0 Å². The average molecular weight is 347 g/mol. The Balaban J connectivity index is 1.98. The molecule has 0 aliphatic rings. The summed E-state index contributed by atoms with van der Waals surface area (Å²) in [6.45, 7) is 1.92. The van der Waals surface area contributed by atoms with Crippen molar-refractivity contribution in [2.24, 2.45) is 5.10 Å². The van der Waals surface area contributed by atoms with Gasteiger partial charge in [0.2, 0.25) is 0 Å². The zero-order valence-corrected chi connectivity index (χ0v) is 14.4. The van der Waals surface area contributed by atoms with Crippen molar-refractivity contribution in [1.82, 2.24) is 0 Å². The second kappa shape index (κ2) is 8.56. The zero-order valence-electron chi connectivity index (χ0n) is 13.6. The molecule has 24 heavy (non-hydrogen) atoms. The van der Waals surface area contributed by atoms with Crippen LogP contribution in [0.5, 0.6) is 0 Å². The largest absolute Gasteiger partial charge is 0.748 e. The van der Waals surface area contributed by atoms with Gasteiger partial charge in [-0.05, 0) is 25.0 Å². The molecule has 0 atom stereocenters. The van der Waals surface area contributed by atoms with Crippen molar-refractivity contribution < 1.29 is 17.6 Å². The third kappa shape index (κ3) is 6.10. The lowest BCUT2D eigenvalue weighted by Gasteiger charge is -2.07. The summed E-state index contributed by atoms with van der Waals surface area (Å²) in [6.07, 6.45) is 3.48. The molecule has 0 amide bonds. The first-order valence-corrected chi connectivity index (χ1v) is 9.32. The highest BCUT2D eigenvalue weighted by Crippen LogP contribution is 2.02. The van der Waals surface area contributed by atoms with Gasteiger partial charge in [0.05, 0.1) is 10.1 Å². The van der Waals surface area contributed by atoms with Gasteiger partial charge in [-0.1, -0.05) is 41.9 Å². The third-order valence-corrected chi connectivity index (χ3v) is 4.33. The zero-order chi connectivity index (χ0) is 17.4. The maximum atomic E-state index is 10.6. The first kappa shape index (κ1) is 18.1. The van der Waals surface area contributed by atoms with Gasteiger partial charge in [-0.15, -0.1) is 4.68 Å². The third-order valence-electron chi connectivity index (χ3n) is 3.54. The van der Waals surface area contributed by atoms with E-state index in [2.05, 4.69) is 10.6 Å². The van der Waals surface area contributed by atoms with Crippen molar-refractivity contribution in [3.05, 3.63) is 66.0 Å². The van der Waals surface area contributed by atoms with Crippen LogP contribution in [-0.2, 0) is 16.5 Å². The summed E-state index contributed by atoms with van der Waals surface area (Å²) in [5, 5.41) is 4.38. The van der Waals surface area contributed by atoms with E-state index in [0.717, 1.165) is 17.0 Å². The Kier molecular flexibility index (Phi) is 6.45. The quantitative estimate of drug-likeness (QED) is 0.259.